The van der Waals surface area contributed by atoms with Gasteiger partial charge in [-0.3, -0.25) is 9.79 Å². The van der Waals surface area contributed by atoms with Gasteiger partial charge in [-0.1, -0.05) is 36.0 Å². The molecule has 0 saturated carbocycles. The molecule has 0 radical (unpaired) electrons. The highest BCUT2D eigenvalue weighted by atomic mass is 32.2. The number of aryl methyl sites for hydroxylation is 1. The molecule has 6 nitrogen and oxygen atoms in total. The Balaban J connectivity index is 1.49. The number of anilines is 2. The van der Waals surface area contributed by atoms with Crippen molar-refractivity contribution in [1.29, 1.82) is 0 Å². The highest BCUT2D eigenvalue weighted by Crippen LogP contribution is 2.35. The van der Waals surface area contributed by atoms with Gasteiger partial charge in [0.05, 0.1) is 17.5 Å². The van der Waals surface area contributed by atoms with Gasteiger partial charge >= 0.3 is 0 Å². The minimum absolute atomic E-state index is 0.0117. The molecule has 2 aromatic rings. The topological polar surface area (TPSA) is 87.6 Å². The lowest BCUT2D eigenvalue weighted by atomic mass is 10.1. The Morgan fingerprint density at radius 1 is 1.15 bits per heavy atom. The number of carbonyl (C=O) groups is 1. The van der Waals surface area contributed by atoms with Crippen molar-refractivity contribution in [1.82, 2.24) is 0 Å². The summed E-state index contributed by atoms with van der Waals surface area (Å²) in [7, 11) is -2.97. The van der Waals surface area contributed by atoms with Gasteiger partial charge in [0.25, 0.3) is 5.91 Å². The highest BCUT2D eigenvalue weighted by Gasteiger charge is 2.42. The molecule has 1 amide bonds. The van der Waals surface area contributed by atoms with Crippen molar-refractivity contribution in [2.75, 3.05) is 22.1 Å². The molecule has 1 saturated heterocycles. The Labute approximate surface area is 162 Å². The van der Waals surface area contributed by atoms with Gasteiger partial charge in [-0.25, -0.2) is 8.42 Å². The number of carbonyl (C=O) groups excluding carboxylic acids is 1. The summed E-state index contributed by atoms with van der Waals surface area (Å²) < 4.78 is 23.4. The number of amidine groups is 1. The van der Waals surface area contributed by atoms with E-state index in [2.05, 4.69) is 15.6 Å². The van der Waals surface area contributed by atoms with Crippen molar-refractivity contribution in [3.8, 4) is 0 Å². The Bertz CT molecular complexity index is 1020. The molecule has 2 heterocycles. The smallest absolute Gasteiger partial charge is 0.255 e. The number of thioether (sulfide) groups is 1. The summed E-state index contributed by atoms with van der Waals surface area (Å²) in [5.41, 5.74) is 3.06. The molecule has 2 aliphatic heterocycles. The molecule has 27 heavy (non-hydrogen) atoms. The van der Waals surface area contributed by atoms with E-state index < -0.39 is 9.84 Å². The van der Waals surface area contributed by atoms with Crippen molar-refractivity contribution in [3.05, 3.63) is 59.7 Å². The summed E-state index contributed by atoms with van der Waals surface area (Å²) >= 11 is 1.46. The molecule has 0 aromatic heterocycles. The van der Waals surface area contributed by atoms with E-state index in [0.29, 0.717) is 10.7 Å². The quantitative estimate of drug-likeness (QED) is 0.826. The second-order valence-electron chi connectivity index (χ2n) is 6.71. The Hall–Kier alpha value is -2.32. The summed E-state index contributed by atoms with van der Waals surface area (Å²) in [5, 5.41) is 6.83. The van der Waals surface area contributed by atoms with Gasteiger partial charge < -0.3 is 10.6 Å². The number of rotatable bonds is 3. The first-order valence-electron chi connectivity index (χ1n) is 8.58. The van der Waals surface area contributed by atoms with Gasteiger partial charge in [-0.2, -0.15) is 0 Å². The lowest BCUT2D eigenvalue weighted by Crippen LogP contribution is -2.14. The third kappa shape index (κ3) is 4.01. The Morgan fingerprint density at radius 3 is 2.67 bits per heavy atom. The van der Waals surface area contributed by atoms with Crippen molar-refractivity contribution in [2.45, 2.75) is 18.2 Å². The van der Waals surface area contributed by atoms with Gasteiger partial charge in [-0.15, -0.1) is 0 Å². The molecule has 2 aliphatic rings. The number of hydrogen-bond donors (Lipinski definition) is 2. The largest absolute Gasteiger partial charge is 0.335 e. The van der Waals surface area contributed by atoms with Crippen molar-refractivity contribution < 1.29 is 13.2 Å². The lowest BCUT2D eigenvalue weighted by molar-refractivity contribution is 0.102. The molecule has 2 aromatic carbocycles. The van der Waals surface area contributed by atoms with Crippen LogP contribution in [-0.2, 0) is 9.84 Å². The fraction of sp³-hybridized carbons (Fsp3) is 0.263. The second kappa shape index (κ2) is 7.01. The summed E-state index contributed by atoms with van der Waals surface area (Å²) in [4.78, 5) is 17.0. The van der Waals surface area contributed by atoms with Crippen LogP contribution in [0.1, 0.15) is 15.9 Å². The molecule has 0 aliphatic carbocycles. The molecule has 8 heteroatoms. The zero-order chi connectivity index (χ0) is 19.0. The fourth-order valence-corrected chi connectivity index (χ4v) is 6.82. The standard InChI is InChI=1S/C19H19N3O3S2/c1-12-7-8-13(18(23)20-14-5-3-2-4-6-14)9-15(12)21-19-22-16-10-27(24,25)11-17(16)26-19/h2-9,16-17H,10-11H2,1H3,(H,20,23)(H,21,22)/t16-,17+/m1/s1. The van der Waals surface area contributed by atoms with E-state index in [1.165, 1.54) is 11.8 Å². The first-order chi connectivity index (χ1) is 12.9. The molecule has 0 bridgehead atoms. The predicted octanol–water partition coefficient (Wildman–Crippen LogP) is 2.93. The highest BCUT2D eigenvalue weighted by molar-refractivity contribution is 8.15. The molecular formula is C19H19N3O3S2. The first kappa shape index (κ1) is 18.1. The number of nitrogens with one attached hydrogen (secondary N) is 2. The van der Waals surface area contributed by atoms with Crippen LogP contribution in [0.5, 0.6) is 0 Å². The SMILES string of the molecule is Cc1ccc(C(=O)Nc2ccccc2)cc1NC1=N[C@@H]2CS(=O)(=O)C[C@@H]2S1. The van der Waals surface area contributed by atoms with Gasteiger partial charge in [-0.05, 0) is 36.8 Å². The van der Waals surface area contributed by atoms with E-state index in [9.17, 15) is 13.2 Å². The molecule has 1 fully saturated rings. The average molecular weight is 402 g/mol. The minimum atomic E-state index is -2.97. The van der Waals surface area contributed by atoms with Crippen LogP contribution in [0, 0.1) is 6.92 Å². The van der Waals surface area contributed by atoms with Gasteiger partial charge in [0.1, 0.15) is 0 Å². The number of aliphatic imine (C=N–C) groups is 1. The minimum Gasteiger partial charge on any atom is -0.335 e. The summed E-state index contributed by atoms with van der Waals surface area (Å²) in [6.45, 7) is 1.95. The molecule has 4 rings (SSSR count). The summed E-state index contributed by atoms with van der Waals surface area (Å²) in [5.74, 6) is 0.109. The third-order valence-electron chi connectivity index (χ3n) is 4.59. The second-order valence-corrected chi connectivity index (χ2v) is 10.1. The molecule has 2 N–H and O–H groups in total. The first-order valence-corrected chi connectivity index (χ1v) is 11.3. The maximum absolute atomic E-state index is 12.5. The Kier molecular flexibility index (Phi) is 4.69. The molecular weight excluding hydrogens is 382 g/mol. The number of para-hydroxylation sites is 1. The lowest BCUT2D eigenvalue weighted by Gasteiger charge is -2.12. The van der Waals surface area contributed by atoms with Crippen LogP contribution in [0.4, 0.5) is 11.4 Å². The maximum Gasteiger partial charge on any atom is 0.255 e. The number of fused-ring (bicyclic) bond motifs is 1. The molecule has 0 spiro atoms. The summed E-state index contributed by atoms with van der Waals surface area (Å²) in [6, 6.07) is 14.6. The van der Waals surface area contributed by atoms with Crippen LogP contribution in [0.2, 0.25) is 0 Å². The number of sulfone groups is 1. The van der Waals surface area contributed by atoms with E-state index >= 15 is 0 Å². The van der Waals surface area contributed by atoms with E-state index in [-0.39, 0.29) is 28.7 Å². The predicted molar refractivity (Wildman–Crippen MR) is 110 cm³/mol. The van der Waals surface area contributed by atoms with Crippen molar-refractivity contribution in [2.24, 2.45) is 4.99 Å². The molecule has 0 unspecified atom stereocenters. The number of amides is 1. The normalized spacial score (nSPS) is 22.8. The fourth-order valence-electron chi connectivity index (χ4n) is 3.15. The van der Waals surface area contributed by atoms with E-state index in [1.807, 2.05) is 43.3 Å². The number of hydrogen-bond acceptors (Lipinski definition) is 6. The zero-order valence-electron chi connectivity index (χ0n) is 14.7. The van der Waals surface area contributed by atoms with E-state index in [4.69, 9.17) is 0 Å². The summed E-state index contributed by atoms with van der Waals surface area (Å²) in [6.07, 6.45) is 0. The monoisotopic (exact) mass is 401 g/mol. The number of nitrogens with zero attached hydrogens (tertiary/aromatic N) is 1. The molecule has 2 atom stereocenters. The van der Waals surface area contributed by atoms with Crippen LogP contribution in [0.15, 0.2) is 53.5 Å². The van der Waals surface area contributed by atoms with Crippen molar-refractivity contribution >= 4 is 44.0 Å². The number of benzene rings is 2. The van der Waals surface area contributed by atoms with E-state index in [1.54, 1.807) is 12.1 Å². The maximum atomic E-state index is 12.5. The zero-order valence-corrected chi connectivity index (χ0v) is 16.3. The van der Waals surface area contributed by atoms with Crippen LogP contribution < -0.4 is 10.6 Å². The van der Waals surface area contributed by atoms with Crippen LogP contribution in [0.25, 0.3) is 0 Å². The third-order valence-corrected chi connectivity index (χ3v) is 7.73. The van der Waals surface area contributed by atoms with Crippen molar-refractivity contribution in [3.63, 3.8) is 0 Å². The van der Waals surface area contributed by atoms with Gasteiger partial charge in [0.2, 0.25) is 0 Å². The van der Waals surface area contributed by atoms with Crippen LogP contribution in [0.3, 0.4) is 0 Å². The van der Waals surface area contributed by atoms with Crippen LogP contribution in [-0.4, -0.2) is 42.3 Å². The van der Waals surface area contributed by atoms with E-state index in [0.717, 1.165) is 16.9 Å². The van der Waals surface area contributed by atoms with Crippen LogP contribution >= 0.6 is 11.8 Å². The van der Waals surface area contributed by atoms with Gasteiger partial charge in [0.15, 0.2) is 15.0 Å². The molecule has 140 valence electrons. The average Bonchev–Trinajstić information content (AvgIpc) is 3.10. The Morgan fingerprint density at radius 2 is 1.93 bits per heavy atom. The van der Waals surface area contributed by atoms with Gasteiger partial charge in [0, 0.05) is 22.2 Å².